The fourth-order valence-corrected chi connectivity index (χ4v) is 8.11. The SMILES string of the molecule is NCOc1cc(CCC(=O)C[C@H](O)[C@@H]2CC[C@@H]3C[C@@H](Cc4ccccc4)[C@@H]2c2cc(O)c(O)c(OC4CCNCC4)c23)ccc1O. The monoisotopic (exact) mass is 630 g/mol. The molecule has 1 heterocycles. The molecule has 4 aliphatic rings. The number of carbonyl (C=O) groups is 1. The van der Waals surface area contributed by atoms with Crippen molar-refractivity contribution >= 4 is 5.78 Å². The van der Waals surface area contributed by atoms with Crippen molar-refractivity contribution in [2.24, 2.45) is 17.6 Å². The van der Waals surface area contributed by atoms with Gasteiger partial charge in [0.25, 0.3) is 0 Å². The first-order valence-corrected chi connectivity index (χ1v) is 16.7. The highest BCUT2D eigenvalue weighted by atomic mass is 16.5. The minimum Gasteiger partial charge on any atom is -0.504 e. The van der Waals surface area contributed by atoms with Gasteiger partial charge in [0.2, 0.25) is 5.75 Å². The van der Waals surface area contributed by atoms with Crippen LogP contribution >= 0.6 is 0 Å². The highest BCUT2D eigenvalue weighted by Gasteiger charge is 2.47. The molecule has 7 N–H and O–H groups in total. The normalized spacial score (nSPS) is 23.3. The third kappa shape index (κ3) is 6.97. The molecule has 3 aromatic rings. The zero-order valence-corrected chi connectivity index (χ0v) is 26.2. The fourth-order valence-electron chi connectivity index (χ4n) is 8.11. The van der Waals surface area contributed by atoms with E-state index < -0.39 is 6.10 Å². The van der Waals surface area contributed by atoms with Gasteiger partial charge in [-0.15, -0.1) is 0 Å². The maximum Gasteiger partial charge on any atom is 0.200 e. The average Bonchev–Trinajstić information content (AvgIpc) is 3.33. The third-order valence-corrected chi connectivity index (χ3v) is 10.3. The van der Waals surface area contributed by atoms with Crippen molar-refractivity contribution in [1.29, 1.82) is 0 Å². The molecule has 1 aliphatic heterocycles. The van der Waals surface area contributed by atoms with Gasteiger partial charge in [-0.2, -0.15) is 0 Å². The van der Waals surface area contributed by atoms with E-state index in [1.807, 2.05) is 18.2 Å². The first-order valence-electron chi connectivity index (χ1n) is 16.7. The van der Waals surface area contributed by atoms with E-state index in [4.69, 9.17) is 15.2 Å². The molecule has 2 bridgehead atoms. The van der Waals surface area contributed by atoms with Crippen molar-refractivity contribution in [3.63, 3.8) is 0 Å². The third-order valence-electron chi connectivity index (χ3n) is 10.3. The van der Waals surface area contributed by atoms with Gasteiger partial charge in [-0.1, -0.05) is 36.4 Å². The van der Waals surface area contributed by atoms with Crippen LogP contribution in [0.25, 0.3) is 0 Å². The van der Waals surface area contributed by atoms with E-state index in [0.29, 0.717) is 12.2 Å². The second-order valence-corrected chi connectivity index (χ2v) is 13.2. The molecule has 5 atom stereocenters. The molecule has 3 aromatic carbocycles. The van der Waals surface area contributed by atoms with Gasteiger partial charge in [0, 0.05) is 18.4 Å². The molecule has 0 unspecified atom stereocenters. The van der Waals surface area contributed by atoms with E-state index in [2.05, 4.69) is 17.4 Å². The highest BCUT2D eigenvalue weighted by Crippen LogP contribution is 2.60. The Kier molecular flexibility index (Phi) is 10.0. The van der Waals surface area contributed by atoms with Gasteiger partial charge < -0.3 is 35.2 Å². The lowest BCUT2D eigenvalue weighted by Gasteiger charge is -2.40. The molecule has 2 fully saturated rings. The van der Waals surface area contributed by atoms with Gasteiger partial charge >= 0.3 is 0 Å². The molecule has 0 aromatic heterocycles. The van der Waals surface area contributed by atoms with Crippen LogP contribution in [0.15, 0.2) is 54.6 Å². The van der Waals surface area contributed by atoms with Crippen LogP contribution in [-0.2, 0) is 17.6 Å². The standard InChI is InChI=1S/C37H46N2O7/c38-21-45-33-17-23(7-11-30(33)41)6-9-26(40)19-31(42)28-10-8-24-18-25(16-22-4-2-1-3-5-22)34(28)29-20-32(43)36(44)37(35(24)29)46-27-12-14-39-15-13-27/h1-5,7,11,17,20,24-25,27-28,31,34,39,41-44H,6,8-10,12-16,18-19,21,38H2/t24-,25-,28+,31+,34+/m1/s1. The molecule has 0 spiro atoms. The number of nitrogens with one attached hydrogen (secondary N) is 1. The smallest absolute Gasteiger partial charge is 0.200 e. The maximum absolute atomic E-state index is 13.3. The molecule has 0 radical (unpaired) electrons. The number of ketones is 1. The van der Waals surface area contributed by atoms with Crippen molar-refractivity contribution < 1.29 is 34.7 Å². The summed E-state index contributed by atoms with van der Waals surface area (Å²) in [5.41, 5.74) is 9.41. The van der Waals surface area contributed by atoms with E-state index in [9.17, 15) is 25.2 Å². The highest BCUT2D eigenvalue weighted by molar-refractivity contribution is 5.79. The summed E-state index contributed by atoms with van der Waals surface area (Å²) in [6.07, 6.45) is 4.70. The predicted molar refractivity (Wildman–Crippen MR) is 174 cm³/mol. The van der Waals surface area contributed by atoms with Crippen LogP contribution in [0, 0.1) is 11.8 Å². The van der Waals surface area contributed by atoms with Gasteiger partial charge in [0.1, 0.15) is 18.6 Å². The van der Waals surface area contributed by atoms with Crippen LogP contribution in [0.3, 0.4) is 0 Å². The molecular weight excluding hydrogens is 584 g/mol. The summed E-state index contributed by atoms with van der Waals surface area (Å²) < 4.78 is 11.8. The summed E-state index contributed by atoms with van der Waals surface area (Å²) in [4.78, 5) is 13.3. The van der Waals surface area contributed by atoms with E-state index >= 15 is 0 Å². The molecule has 7 rings (SSSR count). The lowest BCUT2D eigenvalue weighted by Crippen LogP contribution is -2.35. The molecule has 9 heteroatoms. The van der Waals surface area contributed by atoms with Crippen molar-refractivity contribution in [2.45, 2.75) is 81.8 Å². The second-order valence-electron chi connectivity index (χ2n) is 13.2. The molecule has 0 amide bonds. The lowest BCUT2D eigenvalue weighted by molar-refractivity contribution is -0.121. The number of fused-ring (bicyclic) bond motifs is 3. The zero-order chi connectivity index (χ0) is 32.2. The number of aryl methyl sites for hydroxylation is 1. The molecule has 9 nitrogen and oxygen atoms in total. The summed E-state index contributed by atoms with van der Waals surface area (Å²) in [5, 5.41) is 47.2. The molecule has 46 heavy (non-hydrogen) atoms. The number of phenolic OH excluding ortho intramolecular Hbond substituents is 3. The summed E-state index contributed by atoms with van der Waals surface area (Å²) >= 11 is 0. The van der Waals surface area contributed by atoms with E-state index in [1.54, 1.807) is 18.2 Å². The van der Waals surface area contributed by atoms with Crippen LogP contribution < -0.4 is 20.5 Å². The molecular formula is C37H46N2O7. The van der Waals surface area contributed by atoms with Crippen LogP contribution in [0.4, 0.5) is 0 Å². The number of ether oxygens (including phenoxy) is 2. The quantitative estimate of drug-likeness (QED) is 0.120. The average molecular weight is 631 g/mol. The van der Waals surface area contributed by atoms with Gasteiger partial charge in [-0.05, 0) is 117 Å². The van der Waals surface area contributed by atoms with E-state index in [0.717, 1.165) is 68.3 Å². The Morgan fingerprint density at radius 3 is 2.50 bits per heavy atom. The number of Topliss-reactive ketones (excluding diaryl/α,β-unsaturated/α-hetero) is 1. The molecule has 3 aliphatic carbocycles. The molecule has 1 saturated carbocycles. The van der Waals surface area contributed by atoms with Crippen LogP contribution in [0.2, 0.25) is 0 Å². The number of carbonyl (C=O) groups excluding carboxylic acids is 1. The van der Waals surface area contributed by atoms with Gasteiger partial charge in [0.15, 0.2) is 23.0 Å². The number of hydrogen-bond acceptors (Lipinski definition) is 9. The van der Waals surface area contributed by atoms with E-state index in [-0.39, 0.29) is 78.1 Å². The number of phenols is 3. The summed E-state index contributed by atoms with van der Waals surface area (Å²) in [7, 11) is 0. The number of aliphatic hydroxyl groups is 1. The zero-order valence-electron chi connectivity index (χ0n) is 26.2. The number of benzene rings is 3. The Labute approximate surface area is 270 Å². The van der Waals surface area contributed by atoms with Crippen molar-refractivity contribution in [3.05, 3.63) is 76.9 Å². The van der Waals surface area contributed by atoms with Crippen molar-refractivity contribution in [1.82, 2.24) is 5.32 Å². The topological polar surface area (TPSA) is 154 Å². The number of nitrogens with two attached hydrogens (primary N) is 1. The van der Waals surface area contributed by atoms with Crippen molar-refractivity contribution in [2.75, 3.05) is 19.8 Å². The Morgan fingerprint density at radius 2 is 1.74 bits per heavy atom. The largest absolute Gasteiger partial charge is 0.504 e. The van der Waals surface area contributed by atoms with E-state index in [1.165, 1.54) is 11.6 Å². The number of aromatic hydroxyl groups is 3. The van der Waals surface area contributed by atoms with Crippen LogP contribution in [0.5, 0.6) is 28.7 Å². The Hall–Kier alpha value is -3.79. The minimum absolute atomic E-state index is 0.00631. The van der Waals surface area contributed by atoms with Crippen LogP contribution in [0.1, 0.15) is 79.0 Å². The van der Waals surface area contributed by atoms with Gasteiger partial charge in [-0.25, -0.2) is 0 Å². The Bertz CT molecular complexity index is 1510. The number of rotatable bonds is 12. The number of hydrogen-bond donors (Lipinski definition) is 6. The number of aliphatic hydroxyl groups excluding tert-OH is 1. The minimum atomic E-state index is -0.860. The van der Waals surface area contributed by atoms with Crippen LogP contribution in [-0.4, -0.2) is 58.2 Å². The summed E-state index contributed by atoms with van der Waals surface area (Å²) in [5.74, 6) is 0.203. The predicted octanol–water partition coefficient (Wildman–Crippen LogP) is 5.02. The molecule has 246 valence electrons. The first kappa shape index (κ1) is 32.2. The molecule has 1 saturated heterocycles. The number of piperidine rings is 1. The Balaban J connectivity index is 1.26. The maximum atomic E-state index is 13.3. The summed E-state index contributed by atoms with van der Waals surface area (Å²) in [6, 6.07) is 17.0. The fraction of sp³-hybridized carbons (Fsp3) is 0.486. The second kappa shape index (κ2) is 14.3. The lowest BCUT2D eigenvalue weighted by atomic mass is 9.65. The van der Waals surface area contributed by atoms with Gasteiger partial charge in [-0.3, -0.25) is 10.5 Å². The van der Waals surface area contributed by atoms with Crippen molar-refractivity contribution in [3.8, 4) is 28.7 Å². The Morgan fingerprint density at radius 1 is 0.957 bits per heavy atom. The summed E-state index contributed by atoms with van der Waals surface area (Å²) in [6.45, 7) is 1.62. The first-order chi connectivity index (χ1) is 22.3. The van der Waals surface area contributed by atoms with Gasteiger partial charge in [0.05, 0.1) is 6.10 Å².